The molecule has 0 saturated heterocycles. The molecule has 9 nitrogen and oxygen atoms in total. The molecule has 5 heterocycles. The molecule has 1 aliphatic carbocycles. The first-order chi connectivity index (χ1) is 17.9. The summed E-state index contributed by atoms with van der Waals surface area (Å²) in [7, 11) is 0. The van der Waals surface area contributed by atoms with Gasteiger partial charge in [-0.3, -0.25) is 4.79 Å². The van der Waals surface area contributed by atoms with Gasteiger partial charge in [-0.1, -0.05) is 23.2 Å². The molecular formula is C25H17Cl2FN8O. The Morgan fingerprint density at radius 1 is 1.08 bits per heavy atom. The van der Waals surface area contributed by atoms with E-state index >= 15 is 0 Å². The summed E-state index contributed by atoms with van der Waals surface area (Å²) in [6.07, 6.45) is 2.40. The van der Waals surface area contributed by atoms with Crippen molar-refractivity contribution in [1.29, 1.82) is 0 Å². The number of pyridine rings is 2. The third kappa shape index (κ3) is 3.51. The average Bonchev–Trinajstić information content (AvgIpc) is 3.17. The molecular weight excluding hydrogens is 518 g/mol. The van der Waals surface area contributed by atoms with Crippen molar-refractivity contribution >= 4 is 23.2 Å². The summed E-state index contributed by atoms with van der Waals surface area (Å²) in [4.78, 5) is 25.1. The van der Waals surface area contributed by atoms with Crippen molar-refractivity contribution in [2.24, 2.45) is 5.92 Å². The largest absolute Gasteiger partial charge is 0.331 e. The highest BCUT2D eigenvalue weighted by Gasteiger charge is 2.54. The molecule has 0 bridgehead atoms. The Kier molecular flexibility index (Phi) is 4.86. The minimum Gasteiger partial charge on any atom is -0.331 e. The Morgan fingerprint density at radius 2 is 1.95 bits per heavy atom. The van der Waals surface area contributed by atoms with E-state index in [9.17, 15) is 9.18 Å². The van der Waals surface area contributed by atoms with Crippen LogP contribution in [0.5, 0.6) is 0 Å². The van der Waals surface area contributed by atoms with Crippen molar-refractivity contribution in [3.05, 3.63) is 92.5 Å². The van der Waals surface area contributed by atoms with Crippen molar-refractivity contribution in [2.75, 3.05) is 0 Å². The summed E-state index contributed by atoms with van der Waals surface area (Å²) in [5.41, 5.74) is 3.96. The highest BCUT2D eigenvalue weighted by molar-refractivity contribution is 6.32. The maximum absolute atomic E-state index is 14.6. The van der Waals surface area contributed by atoms with E-state index in [0.717, 1.165) is 23.2 Å². The van der Waals surface area contributed by atoms with Crippen molar-refractivity contribution in [1.82, 2.24) is 39.7 Å². The van der Waals surface area contributed by atoms with Gasteiger partial charge in [0.05, 0.1) is 17.3 Å². The molecule has 1 N–H and O–H groups in total. The molecule has 3 unspecified atom stereocenters. The zero-order valence-electron chi connectivity index (χ0n) is 19.2. The number of aromatic nitrogens is 8. The van der Waals surface area contributed by atoms with Gasteiger partial charge in [0.25, 0.3) is 5.56 Å². The van der Waals surface area contributed by atoms with Crippen molar-refractivity contribution in [2.45, 2.75) is 25.3 Å². The van der Waals surface area contributed by atoms with Crippen LogP contribution in [0.1, 0.15) is 35.6 Å². The van der Waals surface area contributed by atoms with E-state index in [1.165, 1.54) is 11.0 Å². The maximum Gasteiger partial charge on any atom is 0.252 e. The Bertz CT molecular complexity index is 1760. The first-order valence-corrected chi connectivity index (χ1v) is 12.3. The number of tetrazole rings is 1. The number of hydrogen-bond acceptors (Lipinski definition) is 6. The van der Waals surface area contributed by atoms with Gasteiger partial charge in [-0.05, 0) is 71.7 Å². The van der Waals surface area contributed by atoms with Gasteiger partial charge < -0.3 is 9.55 Å². The lowest BCUT2D eigenvalue weighted by atomic mass is 10.0. The van der Waals surface area contributed by atoms with E-state index in [1.54, 1.807) is 41.8 Å². The zero-order chi connectivity index (χ0) is 25.4. The number of aryl methyl sites for hydroxylation is 1. The molecule has 4 aromatic heterocycles. The van der Waals surface area contributed by atoms with Crippen LogP contribution in [0.25, 0.3) is 28.1 Å². The number of hydrogen-bond donors (Lipinski definition) is 1. The third-order valence-corrected chi connectivity index (χ3v) is 7.58. The quantitative estimate of drug-likeness (QED) is 0.334. The molecule has 1 aliphatic heterocycles. The number of fused-ring (bicyclic) bond motifs is 3. The monoisotopic (exact) mass is 534 g/mol. The average molecular weight is 535 g/mol. The van der Waals surface area contributed by atoms with Gasteiger partial charge in [-0.2, -0.15) is 9.07 Å². The molecule has 184 valence electrons. The second-order valence-electron chi connectivity index (χ2n) is 9.32. The highest BCUT2D eigenvalue weighted by atomic mass is 35.5. The maximum atomic E-state index is 14.6. The molecule has 1 aromatic carbocycles. The lowest BCUT2D eigenvalue weighted by molar-refractivity contribution is 0.514. The summed E-state index contributed by atoms with van der Waals surface area (Å²) in [6.45, 7) is 1.71. The zero-order valence-corrected chi connectivity index (χ0v) is 20.7. The lowest BCUT2D eigenvalue weighted by Gasteiger charge is -2.17. The predicted octanol–water partition coefficient (Wildman–Crippen LogP) is 4.74. The number of halogens is 3. The van der Waals surface area contributed by atoms with Gasteiger partial charge in [0, 0.05) is 34.0 Å². The van der Waals surface area contributed by atoms with Gasteiger partial charge in [0.2, 0.25) is 5.95 Å². The van der Waals surface area contributed by atoms with Gasteiger partial charge in [-0.15, -0.1) is 5.10 Å². The summed E-state index contributed by atoms with van der Waals surface area (Å²) >= 11 is 12.8. The molecule has 0 spiro atoms. The van der Waals surface area contributed by atoms with Crippen LogP contribution in [0.3, 0.4) is 0 Å². The molecule has 0 radical (unpaired) electrons. The Labute approximate surface area is 218 Å². The number of nitrogens with one attached hydrogen (secondary N) is 1. The normalized spacial score (nSPS) is 19.6. The number of benzene rings is 1. The molecule has 1 fully saturated rings. The van der Waals surface area contributed by atoms with Gasteiger partial charge >= 0.3 is 0 Å². The molecule has 5 aromatic rings. The van der Waals surface area contributed by atoms with E-state index in [-0.39, 0.29) is 39.8 Å². The Balaban J connectivity index is 1.33. The van der Waals surface area contributed by atoms with Crippen LogP contribution in [-0.4, -0.2) is 39.7 Å². The van der Waals surface area contributed by atoms with Gasteiger partial charge in [0.1, 0.15) is 23.0 Å². The number of imidazole rings is 1. The first kappa shape index (κ1) is 22.3. The van der Waals surface area contributed by atoms with E-state index in [1.807, 2.05) is 12.1 Å². The summed E-state index contributed by atoms with van der Waals surface area (Å²) in [5.74, 6) is 0.284. The predicted molar refractivity (Wildman–Crippen MR) is 134 cm³/mol. The molecule has 1 saturated carbocycles. The van der Waals surface area contributed by atoms with Crippen LogP contribution in [0.4, 0.5) is 4.39 Å². The fourth-order valence-electron chi connectivity index (χ4n) is 5.36. The van der Waals surface area contributed by atoms with Gasteiger partial charge in [0.15, 0.2) is 0 Å². The van der Waals surface area contributed by atoms with E-state index in [4.69, 9.17) is 23.2 Å². The summed E-state index contributed by atoms with van der Waals surface area (Å²) in [6, 6.07) is 11.9. The van der Waals surface area contributed by atoms with Crippen molar-refractivity contribution in [3.63, 3.8) is 0 Å². The van der Waals surface area contributed by atoms with Crippen LogP contribution in [-0.2, 0) is 0 Å². The fourth-order valence-corrected chi connectivity index (χ4v) is 5.77. The van der Waals surface area contributed by atoms with Crippen LogP contribution < -0.4 is 5.56 Å². The minimum atomic E-state index is -0.641. The smallest absolute Gasteiger partial charge is 0.252 e. The molecule has 2 aliphatic rings. The molecule has 0 amide bonds. The van der Waals surface area contributed by atoms with Crippen LogP contribution in [0, 0.1) is 18.8 Å². The van der Waals surface area contributed by atoms with Crippen LogP contribution in [0.15, 0.2) is 53.6 Å². The highest BCUT2D eigenvalue weighted by Crippen LogP contribution is 2.60. The number of aromatic amines is 1. The van der Waals surface area contributed by atoms with Crippen molar-refractivity contribution in [3.8, 4) is 28.1 Å². The standard InChI is InChI=1S/C25H17Cl2FN8O/c1-11-2-4-14(24(28)30-11)21-23(27)32-25(31-21)22-17-9-16(17)19-6-12(7-20(37)36(19)22)15-8-13(26)3-5-18(15)35-10-29-33-34-35/h2-8,10,16-17,22H,9H2,1H3,(H,31,32). The third-order valence-electron chi connectivity index (χ3n) is 7.07. The number of nitrogens with zero attached hydrogens (tertiary/aromatic N) is 7. The Morgan fingerprint density at radius 3 is 2.73 bits per heavy atom. The lowest BCUT2D eigenvalue weighted by Crippen LogP contribution is -2.26. The van der Waals surface area contributed by atoms with Crippen LogP contribution >= 0.6 is 23.2 Å². The molecule has 12 heteroatoms. The SMILES string of the molecule is Cc1ccc(-c2nc(C3C4CC4c4cc(-c5cc(Cl)ccc5-n5cnnn5)cc(=O)n43)[nH]c2Cl)c(F)n1. The fraction of sp³-hybridized carbons (Fsp3) is 0.200. The number of H-pyrrole nitrogens is 1. The van der Waals surface area contributed by atoms with E-state index in [0.29, 0.717) is 22.2 Å². The summed E-state index contributed by atoms with van der Waals surface area (Å²) < 4.78 is 17.8. The van der Waals surface area contributed by atoms with Gasteiger partial charge in [-0.25, -0.2) is 9.97 Å². The molecule has 7 rings (SSSR count). The van der Waals surface area contributed by atoms with E-state index in [2.05, 4.69) is 30.5 Å². The number of rotatable bonds is 4. The van der Waals surface area contributed by atoms with E-state index < -0.39 is 5.95 Å². The summed E-state index contributed by atoms with van der Waals surface area (Å²) in [5, 5.41) is 12.2. The topological polar surface area (TPSA) is 107 Å². The first-order valence-electron chi connectivity index (χ1n) is 11.6. The van der Waals surface area contributed by atoms with Crippen molar-refractivity contribution < 1.29 is 4.39 Å². The Hall–Kier alpha value is -3.89. The van der Waals surface area contributed by atoms with Crippen LogP contribution in [0.2, 0.25) is 10.2 Å². The minimum absolute atomic E-state index is 0.176. The second-order valence-corrected chi connectivity index (χ2v) is 10.1. The second kappa shape index (κ2) is 8.06. The molecule has 3 atom stereocenters. The molecule has 37 heavy (non-hydrogen) atoms.